The Balaban J connectivity index is 1.23. The van der Waals surface area contributed by atoms with Crippen LogP contribution in [0.5, 0.6) is 0 Å². The highest BCUT2D eigenvalue weighted by Crippen LogP contribution is 2.46. The molecule has 226 valence electrons. The van der Waals surface area contributed by atoms with Crippen LogP contribution in [0.25, 0.3) is 54.7 Å². The fourth-order valence-electron chi connectivity index (χ4n) is 7.40. The molecule has 0 saturated carbocycles. The first-order chi connectivity index (χ1) is 23.7. The molecule has 0 fully saturated rings. The SMILES string of the molecule is Cc1ccc(N(c2ccc(C=C(c3ccccc3)c3ccccc3)cc2)c2ccc3c4cccc5cccc(c6cccc2c63)c54)cc1. The average molecular weight is 612 g/mol. The molecule has 0 aliphatic heterocycles. The lowest BCUT2D eigenvalue weighted by molar-refractivity contribution is 1.29. The van der Waals surface area contributed by atoms with E-state index in [9.17, 15) is 0 Å². The number of benzene rings is 9. The Bertz CT molecular complexity index is 2490. The number of nitrogens with zero attached hydrogens (tertiary/aromatic N) is 1. The largest absolute Gasteiger partial charge is 0.310 e. The Morgan fingerprint density at radius 3 is 1.52 bits per heavy atom. The van der Waals surface area contributed by atoms with Crippen LogP contribution in [0.4, 0.5) is 17.1 Å². The molecule has 9 aromatic carbocycles. The molecule has 0 atom stereocenters. The van der Waals surface area contributed by atoms with Crippen LogP contribution in [0, 0.1) is 6.92 Å². The molecule has 9 aromatic rings. The maximum absolute atomic E-state index is 2.41. The van der Waals surface area contributed by atoms with Crippen LogP contribution in [-0.4, -0.2) is 0 Å². The Labute approximate surface area is 281 Å². The Hall–Kier alpha value is -6.18. The van der Waals surface area contributed by atoms with Crippen LogP contribution >= 0.6 is 0 Å². The Morgan fingerprint density at radius 1 is 0.417 bits per heavy atom. The van der Waals surface area contributed by atoms with E-state index in [4.69, 9.17) is 0 Å². The number of hydrogen-bond donors (Lipinski definition) is 0. The van der Waals surface area contributed by atoms with E-state index in [1.54, 1.807) is 0 Å². The molecular formula is C47H33N. The molecule has 1 nitrogen and oxygen atoms in total. The van der Waals surface area contributed by atoms with Gasteiger partial charge in [-0.15, -0.1) is 0 Å². The van der Waals surface area contributed by atoms with E-state index in [1.807, 2.05) is 0 Å². The van der Waals surface area contributed by atoms with Crippen LogP contribution in [0.1, 0.15) is 22.3 Å². The van der Waals surface area contributed by atoms with Crippen molar-refractivity contribution in [3.8, 4) is 0 Å². The van der Waals surface area contributed by atoms with Gasteiger partial charge in [-0.25, -0.2) is 0 Å². The van der Waals surface area contributed by atoms with E-state index in [2.05, 4.69) is 194 Å². The average Bonchev–Trinajstić information content (AvgIpc) is 3.15. The van der Waals surface area contributed by atoms with Crippen molar-refractivity contribution in [2.75, 3.05) is 4.90 Å². The minimum absolute atomic E-state index is 1.12. The van der Waals surface area contributed by atoms with E-state index < -0.39 is 0 Å². The summed E-state index contributed by atoms with van der Waals surface area (Å²) >= 11 is 0. The summed E-state index contributed by atoms with van der Waals surface area (Å²) < 4.78 is 0. The van der Waals surface area contributed by atoms with Gasteiger partial charge in [-0.3, -0.25) is 0 Å². The van der Waals surface area contributed by atoms with E-state index in [0.29, 0.717) is 0 Å². The molecular weight excluding hydrogens is 579 g/mol. The van der Waals surface area contributed by atoms with Crippen LogP contribution in [0.15, 0.2) is 176 Å². The summed E-state index contributed by atoms with van der Waals surface area (Å²) in [6.07, 6.45) is 2.30. The van der Waals surface area contributed by atoms with Gasteiger partial charge in [-0.1, -0.05) is 151 Å². The van der Waals surface area contributed by atoms with Crippen LogP contribution < -0.4 is 4.90 Å². The summed E-state index contributed by atoms with van der Waals surface area (Å²) in [6, 6.07) is 64.0. The number of anilines is 3. The first-order valence-corrected chi connectivity index (χ1v) is 16.6. The lowest BCUT2D eigenvalue weighted by atomic mass is 9.89. The lowest BCUT2D eigenvalue weighted by Gasteiger charge is -2.28. The van der Waals surface area contributed by atoms with Gasteiger partial charge in [0.05, 0.1) is 5.69 Å². The summed E-state index contributed by atoms with van der Waals surface area (Å²) in [7, 11) is 0. The molecule has 0 bridgehead atoms. The molecule has 48 heavy (non-hydrogen) atoms. The quantitative estimate of drug-likeness (QED) is 0.103. The minimum Gasteiger partial charge on any atom is -0.310 e. The van der Waals surface area contributed by atoms with Crippen LogP contribution in [0.3, 0.4) is 0 Å². The second kappa shape index (κ2) is 11.6. The van der Waals surface area contributed by atoms with Crippen molar-refractivity contribution in [2.24, 2.45) is 0 Å². The summed E-state index contributed by atoms with van der Waals surface area (Å²) in [5.74, 6) is 0. The molecule has 0 radical (unpaired) electrons. The fraction of sp³-hybridized carbons (Fsp3) is 0.0213. The highest BCUT2D eigenvalue weighted by Gasteiger charge is 2.19. The molecule has 0 aromatic heterocycles. The van der Waals surface area contributed by atoms with Crippen molar-refractivity contribution in [3.63, 3.8) is 0 Å². The summed E-state index contributed by atoms with van der Waals surface area (Å²) in [4.78, 5) is 2.41. The Kier molecular flexibility index (Phi) is 6.76. The van der Waals surface area contributed by atoms with E-state index in [0.717, 1.165) is 16.9 Å². The van der Waals surface area contributed by atoms with Gasteiger partial charge in [-0.2, -0.15) is 0 Å². The zero-order valence-corrected chi connectivity index (χ0v) is 26.8. The van der Waals surface area contributed by atoms with Gasteiger partial charge in [-0.05, 0) is 103 Å². The monoisotopic (exact) mass is 611 g/mol. The molecule has 0 spiro atoms. The molecule has 0 unspecified atom stereocenters. The Morgan fingerprint density at radius 2 is 0.917 bits per heavy atom. The second-order valence-corrected chi connectivity index (χ2v) is 12.6. The topological polar surface area (TPSA) is 3.24 Å². The van der Waals surface area contributed by atoms with Gasteiger partial charge in [0.25, 0.3) is 0 Å². The third-order valence-electron chi connectivity index (χ3n) is 9.67. The van der Waals surface area contributed by atoms with Gasteiger partial charge in [0, 0.05) is 16.8 Å². The fourth-order valence-corrected chi connectivity index (χ4v) is 7.40. The van der Waals surface area contributed by atoms with Crippen molar-refractivity contribution in [1.29, 1.82) is 0 Å². The first kappa shape index (κ1) is 28.1. The first-order valence-electron chi connectivity index (χ1n) is 16.6. The molecule has 0 amide bonds. The van der Waals surface area contributed by atoms with Crippen LogP contribution in [-0.2, 0) is 0 Å². The summed E-state index contributed by atoms with van der Waals surface area (Å²) in [6.45, 7) is 2.15. The normalized spacial score (nSPS) is 11.4. The predicted molar refractivity (Wildman–Crippen MR) is 207 cm³/mol. The van der Waals surface area contributed by atoms with Gasteiger partial charge in [0.2, 0.25) is 0 Å². The van der Waals surface area contributed by atoms with Crippen molar-refractivity contribution >= 4 is 71.8 Å². The molecule has 0 saturated heterocycles. The zero-order chi connectivity index (χ0) is 32.0. The number of fused-ring (bicyclic) bond motifs is 2. The predicted octanol–water partition coefficient (Wildman–Crippen LogP) is 13.1. The molecule has 1 heteroatoms. The lowest BCUT2D eigenvalue weighted by Crippen LogP contribution is -2.10. The van der Waals surface area contributed by atoms with Crippen molar-refractivity contribution < 1.29 is 0 Å². The molecule has 9 rings (SSSR count). The molecule has 0 aliphatic rings. The zero-order valence-electron chi connectivity index (χ0n) is 26.8. The standard InChI is InChI=1S/C47H33N/c1-32-21-25-37(26-22-32)48(38-27-23-33(24-28-38)31-44(34-11-4-2-5-12-34)35-13-6-3-7-14-35)45-30-29-42-40-18-9-16-36-15-8-17-39(46(36)40)41-19-10-20-43(45)47(41)42/h2-31H,1H3. The summed E-state index contributed by atoms with van der Waals surface area (Å²) in [5, 5.41) is 10.4. The van der Waals surface area contributed by atoms with E-state index in [-0.39, 0.29) is 0 Å². The third-order valence-corrected chi connectivity index (χ3v) is 9.67. The van der Waals surface area contributed by atoms with Crippen molar-refractivity contribution in [1.82, 2.24) is 0 Å². The maximum atomic E-state index is 2.41. The summed E-state index contributed by atoms with van der Waals surface area (Å²) in [5.41, 5.74) is 9.45. The maximum Gasteiger partial charge on any atom is 0.0540 e. The minimum atomic E-state index is 1.12. The molecule has 0 N–H and O–H groups in total. The van der Waals surface area contributed by atoms with E-state index in [1.165, 1.54) is 71.0 Å². The van der Waals surface area contributed by atoms with Crippen molar-refractivity contribution in [2.45, 2.75) is 6.92 Å². The highest BCUT2D eigenvalue weighted by molar-refractivity contribution is 6.34. The van der Waals surface area contributed by atoms with E-state index >= 15 is 0 Å². The number of hydrogen-bond acceptors (Lipinski definition) is 1. The number of aryl methyl sites for hydroxylation is 1. The van der Waals surface area contributed by atoms with Gasteiger partial charge < -0.3 is 4.90 Å². The van der Waals surface area contributed by atoms with Crippen LogP contribution in [0.2, 0.25) is 0 Å². The number of rotatable bonds is 6. The van der Waals surface area contributed by atoms with Gasteiger partial charge in [0.1, 0.15) is 0 Å². The smallest absolute Gasteiger partial charge is 0.0540 e. The van der Waals surface area contributed by atoms with Crippen molar-refractivity contribution in [3.05, 3.63) is 198 Å². The van der Waals surface area contributed by atoms with Gasteiger partial charge >= 0.3 is 0 Å². The molecule has 0 aliphatic carbocycles. The molecule has 0 heterocycles. The second-order valence-electron chi connectivity index (χ2n) is 12.6. The van der Waals surface area contributed by atoms with Gasteiger partial charge in [0.15, 0.2) is 0 Å². The highest BCUT2D eigenvalue weighted by atomic mass is 15.1. The third kappa shape index (κ3) is 4.71.